The molecule has 8 aliphatic rings. The number of hydrogen-bond donors (Lipinski definition) is 1. The third-order valence-electron chi connectivity index (χ3n) is 20.3. The lowest BCUT2D eigenvalue weighted by molar-refractivity contribution is -0.148. The zero-order chi connectivity index (χ0) is 61.6. The van der Waals surface area contributed by atoms with Crippen LogP contribution in [0.15, 0.2) is 114 Å². The lowest BCUT2D eigenvalue weighted by atomic mass is 9.58. The lowest BCUT2D eigenvalue weighted by Gasteiger charge is -2.57. The van der Waals surface area contributed by atoms with Crippen molar-refractivity contribution in [2.45, 2.75) is 130 Å². The van der Waals surface area contributed by atoms with Crippen molar-refractivity contribution in [1.29, 1.82) is 0 Å². The van der Waals surface area contributed by atoms with E-state index in [1.54, 1.807) is 43.3 Å². The predicted molar refractivity (Wildman–Crippen MR) is 322 cm³/mol. The van der Waals surface area contributed by atoms with Crippen molar-refractivity contribution in [2.75, 3.05) is 33.4 Å². The number of aromatic nitrogens is 2. The Morgan fingerprint density at radius 1 is 0.500 bits per heavy atom. The summed E-state index contributed by atoms with van der Waals surface area (Å²) >= 11 is 18.1. The number of aromatic amines is 1. The van der Waals surface area contributed by atoms with Crippen LogP contribution in [0.1, 0.15) is 108 Å². The summed E-state index contributed by atoms with van der Waals surface area (Å²) in [5.74, 6) is -3.50. The smallest absolute Gasteiger partial charge is 0.320 e. The first-order chi connectivity index (χ1) is 42.3. The predicted octanol–water partition coefficient (Wildman–Crippen LogP) is 14.1. The molecule has 0 radical (unpaired) electrons. The van der Waals surface area contributed by atoms with Crippen LogP contribution in [0.5, 0.6) is 17.2 Å². The van der Waals surface area contributed by atoms with Crippen molar-refractivity contribution in [3.8, 4) is 17.2 Å². The normalized spacial score (nSPS) is 26.2. The second-order valence-electron chi connectivity index (χ2n) is 24.9. The van der Waals surface area contributed by atoms with Crippen LogP contribution in [0.25, 0.3) is 0 Å². The fourth-order valence-corrected chi connectivity index (χ4v) is 16.6. The number of aryl methyl sites for hydroxylation is 2. The number of piperidine rings is 3. The molecule has 0 bridgehead atoms. The van der Waals surface area contributed by atoms with Gasteiger partial charge >= 0.3 is 6.03 Å². The molecule has 4 saturated heterocycles. The number of ether oxygens (including phenoxy) is 3. The summed E-state index contributed by atoms with van der Waals surface area (Å²) in [6.45, 7) is 1.17. The van der Waals surface area contributed by atoms with E-state index in [9.17, 15) is 27.6 Å². The summed E-state index contributed by atoms with van der Waals surface area (Å²) in [4.78, 5) is 44.4. The van der Waals surface area contributed by atoms with E-state index in [0.29, 0.717) is 78.5 Å². The molecule has 11 nitrogen and oxygen atoms in total. The Hall–Kier alpha value is -7.08. The van der Waals surface area contributed by atoms with Gasteiger partial charge in [0.2, 0.25) is 5.91 Å². The second kappa shape index (κ2) is 23.4. The van der Waals surface area contributed by atoms with Gasteiger partial charge in [0.1, 0.15) is 30.7 Å². The quantitative estimate of drug-likeness (QED) is 0.166. The topological polar surface area (TPSA) is 109 Å². The fraction of sp³-hybridized carbons (Fsp3) is 0.397. The van der Waals surface area contributed by atoms with E-state index in [0.717, 1.165) is 78.8 Å². The van der Waals surface area contributed by atoms with Crippen molar-refractivity contribution >= 4 is 46.7 Å². The van der Waals surface area contributed by atoms with E-state index >= 15 is 13.2 Å². The number of carbonyl (C=O) groups is 2. The molecular weight excluding hydrogens is 1200 g/mol. The molecule has 3 amide bonds. The maximum atomic E-state index is 15.3. The van der Waals surface area contributed by atoms with Gasteiger partial charge in [-0.25, -0.2) is 31.1 Å². The van der Waals surface area contributed by atoms with E-state index in [-0.39, 0.29) is 101 Å². The minimum atomic E-state index is -0.783. The van der Waals surface area contributed by atoms with Crippen LogP contribution in [0, 0.1) is 34.9 Å². The van der Waals surface area contributed by atoms with Crippen molar-refractivity contribution in [1.82, 2.24) is 24.5 Å². The van der Waals surface area contributed by atoms with Crippen LogP contribution in [0.3, 0.4) is 0 Å². The second-order valence-corrected chi connectivity index (χ2v) is 26.3. The average molecular weight is 1270 g/mol. The van der Waals surface area contributed by atoms with Crippen molar-refractivity contribution in [2.24, 2.45) is 7.05 Å². The monoisotopic (exact) mass is 1270 g/mol. The van der Waals surface area contributed by atoms with Gasteiger partial charge < -0.3 is 28.9 Å². The zero-order valence-electron chi connectivity index (χ0n) is 48.4. The number of fused-ring (bicyclic) bond motifs is 15. The van der Waals surface area contributed by atoms with Crippen LogP contribution in [0.2, 0.25) is 15.1 Å². The van der Waals surface area contributed by atoms with Crippen LogP contribution in [-0.4, -0.2) is 94.0 Å². The Kier molecular flexibility index (Phi) is 15.9. The standard InChI is InChI=1S/C23H23ClF2N2O2.C23H22ClF2NO2.C22H19ClF2N2O2/c1-27-11-9-16-8-10-23(12-14-2-4-15(24)5-3-14)19(28(16)22(27)29)13-30-21-18(26)7-6-17(25)20(21)23;24-15-6-4-14(5-7-15)12-23-11-10-16-2-1-3-20(28)27(16)19(23)13-29-22-18(26)9-8-17(25)21(22)23;1-27-21(28)18-14-11-29-20-16(25)7-6-15(24)19(20)22(14,9-8-17(18)26-27)10-12-2-4-13(23)5-3-12/h2-7,16,19H,8-13H2,1H3;4-9,16,19H,1-3,10-13H2;2-7,14,26H,8-11H2,1H3/t16-,19+,23-;16-,19-,23+;14-,22-/m010/s1. The SMILES string of the molecule is CN1CC[C@@H]2CC[C@@]3(Cc4ccc(Cl)cc4)c4c(F)ccc(F)c4OC[C@H]3N2C1=O.Cn1[nH]c2c(c1=O)[C@@H]1COc3c(F)ccc(F)c3[C@]1(Cc1ccc(Cl)cc1)CC2.O=C1CCC[C@@H]2CC[C@@]3(Cc4ccc(Cl)cc4)c4c(F)ccc(F)c4OC[C@H]3N12. The number of amides is 3. The molecule has 0 saturated carbocycles. The van der Waals surface area contributed by atoms with Gasteiger partial charge in [-0.3, -0.25) is 19.4 Å². The van der Waals surface area contributed by atoms with Gasteiger partial charge in [0.05, 0.1) is 18.7 Å². The number of benzene rings is 6. The molecule has 1 aliphatic carbocycles. The van der Waals surface area contributed by atoms with Gasteiger partial charge in [0, 0.05) is 104 Å². The summed E-state index contributed by atoms with van der Waals surface area (Å²) in [5, 5.41) is 4.96. The molecular formula is C68H64Cl3F6N5O6. The van der Waals surface area contributed by atoms with Crippen molar-refractivity contribution in [3.05, 3.63) is 214 Å². The number of nitrogens with one attached hydrogen (secondary N) is 1. The summed E-state index contributed by atoms with van der Waals surface area (Å²) in [7, 11) is 3.45. The molecule has 7 aliphatic heterocycles. The summed E-state index contributed by atoms with van der Waals surface area (Å²) < 4.78 is 108. The van der Waals surface area contributed by atoms with Crippen LogP contribution >= 0.6 is 34.8 Å². The van der Waals surface area contributed by atoms with Crippen molar-refractivity contribution < 1.29 is 50.1 Å². The van der Waals surface area contributed by atoms with Crippen LogP contribution < -0.4 is 19.8 Å². The zero-order valence-corrected chi connectivity index (χ0v) is 50.7. The molecule has 0 spiro atoms. The third kappa shape index (κ3) is 10.2. The van der Waals surface area contributed by atoms with Gasteiger partial charge in [-0.05, 0) is 167 Å². The molecule has 7 aromatic rings. The summed E-state index contributed by atoms with van der Waals surface area (Å²) in [5.41, 5.74) is 2.72. The van der Waals surface area contributed by atoms with E-state index in [1.807, 2.05) is 58.3 Å². The molecule has 460 valence electrons. The minimum absolute atomic E-state index is 0.00174. The third-order valence-corrected chi connectivity index (χ3v) is 21.0. The Labute approximate surface area is 520 Å². The summed E-state index contributed by atoms with van der Waals surface area (Å²) in [6, 6.07) is 28.5. The Morgan fingerprint density at radius 2 is 0.920 bits per heavy atom. The first kappa shape index (κ1) is 59.9. The van der Waals surface area contributed by atoms with E-state index in [4.69, 9.17) is 49.0 Å². The number of H-pyrrole nitrogens is 1. The molecule has 1 aromatic heterocycles. The highest BCUT2D eigenvalue weighted by molar-refractivity contribution is 6.31. The first-order valence-corrected chi connectivity index (χ1v) is 31.1. The number of carbonyl (C=O) groups excluding carboxylic acids is 2. The number of hydrogen-bond acceptors (Lipinski definition) is 6. The molecule has 8 heterocycles. The van der Waals surface area contributed by atoms with Gasteiger partial charge in [0.15, 0.2) is 34.7 Å². The molecule has 15 rings (SSSR count). The minimum Gasteiger partial charge on any atom is -0.489 e. The highest BCUT2D eigenvalue weighted by Crippen LogP contribution is 2.57. The van der Waals surface area contributed by atoms with E-state index < -0.39 is 51.1 Å². The average Bonchev–Trinajstić information content (AvgIpc) is 0.980. The van der Waals surface area contributed by atoms with Gasteiger partial charge in [-0.15, -0.1) is 0 Å². The first-order valence-electron chi connectivity index (χ1n) is 30.0. The van der Waals surface area contributed by atoms with Gasteiger partial charge in [-0.1, -0.05) is 71.2 Å². The van der Waals surface area contributed by atoms with Crippen LogP contribution in [0.4, 0.5) is 31.1 Å². The summed E-state index contributed by atoms with van der Waals surface area (Å²) in [6.07, 6.45) is 8.68. The molecule has 6 aromatic carbocycles. The molecule has 8 atom stereocenters. The van der Waals surface area contributed by atoms with Gasteiger partial charge in [-0.2, -0.15) is 0 Å². The van der Waals surface area contributed by atoms with Gasteiger partial charge in [0.25, 0.3) is 5.56 Å². The highest BCUT2D eigenvalue weighted by Gasteiger charge is 2.59. The molecule has 0 unspecified atom stereocenters. The van der Waals surface area contributed by atoms with E-state index in [1.165, 1.54) is 16.8 Å². The maximum Gasteiger partial charge on any atom is 0.320 e. The Bertz CT molecular complexity index is 3930. The number of halogens is 9. The number of nitrogens with zero attached hydrogens (tertiary/aromatic N) is 4. The Balaban J connectivity index is 0.000000122. The number of urea groups is 1. The molecule has 1 N–H and O–H groups in total. The molecule has 20 heteroatoms. The molecule has 88 heavy (non-hydrogen) atoms. The lowest BCUT2D eigenvalue weighted by Crippen LogP contribution is -2.68. The van der Waals surface area contributed by atoms with E-state index in [2.05, 4.69) is 5.10 Å². The number of rotatable bonds is 6. The molecule has 4 fully saturated rings. The fourth-order valence-electron chi connectivity index (χ4n) is 16.3. The Morgan fingerprint density at radius 3 is 1.41 bits per heavy atom. The largest absolute Gasteiger partial charge is 0.489 e. The van der Waals surface area contributed by atoms with Crippen LogP contribution in [-0.2, 0) is 53.8 Å². The van der Waals surface area contributed by atoms with Crippen molar-refractivity contribution in [3.63, 3.8) is 0 Å². The highest BCUT2D eigenvalue weighted by atomic mass is 35.5. The maximum absolute atomic E-state index is 15.3.